The quantitative estimate of drug-likeness (QED) is 0.718. The van der Waals surface area contributed by atoms with Gasteiger partial charge in [0, 0.05) is 25.2 Å². The Hall–Kier alpha value is -2.12. The number of carbonyl (C=O) groups is 2. The number of morpholine rings is 1. The van der Waals surface area contributed by atoms with Crippen molar-refractivity contribution in [3.8, 4) is 5.75 Å². The highest BCUT2D eigenvalue weighted by Crippen LogP contribution is 2.33. The number of para-hydroxylation sites is 1. The van der Waals surface area contributed by atoms with Crippen LogP contribution in [-0.2, 0) is 14.3 Å². The van der Waals surface area contributed by atoms with E-state index in [1.54, 1.807) is 24.3 Å². The molecule has 7 heteroatoms. The van der Waals surface area contributed by atoms with Crippen molar-refractivity contribution in [2.24, 2.45) is 0 Å². The molecule has 2 fully saturated rings. The molecule has 0 unspecified atom stereocenters. The fraction of sp³-hybridized carbons (Fsp3) is 0.619. The number of ether oxygens (including phenoxy) is 3. The molecule has 0 radical (unpaired) electrons. The maximum Gasteiger partial charge on any atom is 0.342 e. The maximum absolute atomic E-state index is 12.3. The van der Waals surface area contributed by atoms with Gasteiger partial charge in [-0.3, -0.25) is 9.69 Å². The molecular formula is C21H30N2O5. The molecule has 3 rings (SSSR count). The second-order valence-electron chi connectivity index (χ2n) is 7.44. The first kappa shape index (κ1) is 20.6. The highest BCUT2D eigenvalue weighted by Gasteiger charge is 2.38. The van der Waals surface area contributed by atoms with E-state index in [9.17, 15) is 9.59 Å². The SMILES string of the molecule is COc1ccccc1C(=O)OCC(=O)NCC1(N2CCOCC2)CCCCC1. The number of carbonyl (C=O) groups excluding carboxylic acids is 2. The average Bonchev–Trinajstić information content (AvgIpc) is 2.77. The molecule has 1 N–H and O–H groups in total. The smallest absolute Gasteiger partial charge is 0.342 e. The number of methoxy groups -OCH3 is 1. The van der Waals surface area contributed by atoms with E-state index in [2.05, 4.69) is 10.2 Å². The number of benzene rings is 1. The second-order valence-corrected chi connectivity index (χ2v) is 7.44. The van der Waals surface area contributed by atoms with Gasteiger partial charge in [0.25, 0.3) is 5.91 Å². The first-order chi connectivity index (χ1) is 13.6. The topological polar surface area (TPSA) is 77.1 Å². The molecule has 1 aromatic rings. The summed E-state index contributed by atoms with van der Waals surface area (Å²) in [5.41, 5.74) is 0.305. The van der Waals surface area contributed by atoms with Crippen molar-refractivity contribution in [2.75, 3.05) is 46.6 Å². The van der Waals surface area contributed by atoms with Crippen LogP contribution in [0.15, 0.2) is 24.3 Å². The van der Waals surface area contributed by atoms with Crippen molar-refractivity contribution in [3.63, 3.8) is 0 Å². The van der Waals surface area contributed by atoms with Crippen molar-refractivity contribution >= 4 is 11.9 Å². The lowest BCUT2D eigenvalue weighted by molar-refractivity contribution is -0.125. The summed E-state index contributed by atoms with van der Waals surface area (Å²) in [4.78, 5) is 27.0. The first-order valence-electron chi connectivity index (χ1n) is 10.0. The lowest BCUT2D eigenvalue weighted by Gasteiger charge is -2.48. The normalized spacial score (nSPS) is 19.6. The third-order valence-corrected chi connectivity index (χ3v) is 5.74. The van der Waals surface area contributed by atoms with Crippen molar-refractivity contribution < 1.29 is 23.8 Å². The summed E-state index contributed by atoms with van der Waals surface area (Å²) in [6.45, 7) is 3.57. The van der Waals surface area contributed by atoms with E-state index in [4.69, 9.17) is 14.2 Å². The summed E-state index contributed by atoms with van der Waals surface area (Å²) < 4.78 is 15.8. The number of hydrogen-bond acceptors (Lipinski definition) is 6. The molecule has 1 aliphatic heterocycles. The van der Waals surface area contributed by atoms with Gasteiger partial charge >= 0.3 is 5.97 Å². The molecule has 1 aromatic carbocycles. The van der Waals surface area contributed by atoms with Gasteiger partial charge in [0.05, 0.1) is 20.3 Å². The summed E-state index contributed by atoms with van der Waals surface area (Å²) in [7, 11) is 1.49. The molecule has 0 atom stereocenters. The van der Waals surface area contributed by atoms with Crippen molar-refractivity contribution in [3.05, 3.63) is 29.8 Å². The molecule has 0 spiro atoms. The van der Waals surface area contributed by atoms with E-state index < -0.39 is 5.97 Å². The number of rotatable bonds is 7. The van der Waals surface area contributed by atoms with Crippen LogP contribution in [0, 0.1) is 0 Å². The van der Waals surface area contributed by atoms with Crippen molar-refractivity contribution in [1.82, 2.24) is 10.2 Å². The predicted molar refractivity (Wildman–Crippen MR) is 104 cm³/mol. The number of hydrogen-bond donors (Lipinski definition) is 1. The van der Waals surface area contributed by atoms with Gasteiger partial charge in [-0.25, -0.2) is 4.79 Å². The van der Waals surface area contributed by atoms with Crippen LogP contribution in [0.2, 0.25) is 0 Å². The van der Waals surface area contributed by atoms with E-state index >= 15 is 0 Å². The minimum absolute atomic E-state index is 0.00957. The Morgan fingerprint density at radius 3 is 2.57 bits per heavy atom. The van der Waals surface area contributed by atoms with Gasteiger partial charge in [-0.15, -0.1) is 0 Å². The summed E-state index contributed by atoms with van der Waals surface area (Å²) in [6, 6.07) is 6.81. The molecule has 28 heavy (non-hydrogen) atoms. The Bertz CT molecular complexity index is 667. The van der Waals surface area contributed by atoms with Crippen LogP contribution in [0.4, 0.5) is 0 Å². The van der Waals surface area contributed by atoms with Crippen LogP contribution in [0.3, 0.4) is 0 Å². The summed E-state index contributed by atoms with van der Waals surface area (Å²) in [5, 5.41) is 3.00. The van der Waals surface area contributed by atoms with Crippen molar-refractivity contribution in [1.29, 1.82) is 0 Å². The van der Waals surface area contributed by atoms with Gasteiger partial charge in [-0.1, -0.05) is 31.4 Å². The zero-order valence-corrected chi connectivity index (χ0v) is 16.6. The molecule has 7 nitrogen and oxygen atoms in total. The van der Waals surface area contributed by atoms with E-state index in [1.165, 1.54) is 26.4 Å². The lowest BCUT2D eigenvalue weighted by Crippen LogP contribution is -2.59. The molecule has 1 heterocycles. The average molecular weight is 390 g/mol. The molecule has 1 saturated heterocycles. The summed E-state index contributed by atoms with van der Waals surface area (Å²) in [5.74, 6) is -0.406. The Labute approximate surface area is 166 Å². The lowest BCUT2D eigenvalue weighted by atomic mass is 9.79. The molecule has 0 bridgehead atoms. The second kappa shape index (κ2) is 9.89. The third-order valence-electron chi connectivity index (χ3n) is 5.74. The van der Waals surface area contributed by atoms with Gasteiger partial charge in [0.1, 0.15) is 11.3 Å². The van der Waals surface area contributed by atoms with E-state index in [0.717, 1.165) is 39.1 Å². The Kier molecular flexibility index (Phi) is 7.28. The van der Waals surface area contributed by atoms with Crippen molar-refractivity contribution in [2.45, 2.75) is 37.6 Å². The molecule has 1 aliphatic carbocycles. The van der Waals surface area contributed by atoms with Crippen LogP contribution in [0.1, 0.15) is 42.5 Å². The number of nitrogens with one attached hydrogen (secondary N) is 1. The standard InChI is InChI=1S/C21H30N2O5/c1-26-18-8-4-3-7-17(18)20(25)28-15-19(24)22-16-21(9-5-2-6-10-21)23-11-13-27-14-12-23/h3-4,7-8H,2,5-6,9-16H2,1H3,(H,22,24). The minimum Gasteiger partial charge on any atom is -0.496 e. The summed E-state index contributed by atoms with van der Waals surface area (Å²) >= 11 is 0. The van der Waals surface area contributed by atoms with Gasteiger partial charge < -0.3 is 19.5 Å². The maximum atomic E-state index is 12.3. The fourth-order valence-electron chi connectivity index (χ4n) is 4.19. The van der Waals surface area contributed by atoms with Gasteiger partial charge in [-0.05, 0) is 25.0 Å². The van der Waals surface area contributed by atoms with E-state index in [1.807, 2.05) is 0 Å². The van der Waals surface area contributed by atoms with Crippen LogP contribution < -0.4 is 10.1 Å². The molecule has 1 saturated carbocycles. The number of esters is 1. The van der Waals surface area contributed by atoms with Crippen LogP contribution in [0.25, 0.3) is 0 Å². The van der Waals surface area contributed by atoms with E-state index in [0.29, 0.717) is 17.9 Å². The van der Waals surface area contributed by atoms with Crippen LogP contribution in [-0.4, -0.2) is 68.9 Å². The Morgan fingerprint density at radius 2 is 1.86 bits per heavy atom. The molecular weight excluding hydrogens is 360 g/mol. The van der Waals surface area contributed by atoms with Gasteiger partial charge in [-0.2, -0.15) is 0 Å². The Balaban J connectivity index is 1.52. The largest absolute Gasteiger partial charge is 0.496 e. The predicted octanol–water partition coefficient (Wildman–Crippen LogP) is 2.00. The highest BCUT2D eigenvalue weighted by molar-refractivity contribution is 5.93. The monoisotopic (exact) mass is 390 g/mol. The molecule has 2 aliphatic rings. The van der Waals surface area contributed by atoms with Gasteiger partial charge in [0.2, 0.25) is 0 Å². The third kappa shape index (κ3) is 5.02. The fourth-order valence-corrected chi connectivity index (χ4v) is 4.19. The molecule has 1 amide bonds. The molecule has 0 aromatic heterocycles. The van der Waals surface area contributed by atoms with E-state index in [-0.39, 0.29) is 18.1 Å². The zero-order chi connectivity index (χ0) is 19.8. The van der Waals surface area contributed by atoms with Crippen LogP contribution >= 0.6 is 0 Å². The first-order valence-corrected chi connectivity index (χ1v) is 10.0. The summed E-state index contributed by atoms with van der Waals surface area (Å²) in [6.07, 6.45) is 5.76. The molecule has 154 valence electrons. The van der Waals surface area contributed by atoms with Crippen LogP contribution in [0.5, 0.6) is 5.75 Å². The zero-order valence-electron chi connectivity index (χ0n) is 16.6. The van der Waals surface area contributed by atoms with Gasteiger partial charge in [0.15, 0.2) is 6.61 Å². The number of amides is 1. The minimum atomic E-state index is -0.562. The number of nitrogens with zero attached hydrogens (tertiary/aromatic N) is 1. The highest BCUT2D eigenvalue weighted by atomic mass is 16.5. The Morgan fingerprint density at radius 1 is 1.14 bits per heavy atom.